The van der Waals surface area contributed by atoms with Crippen LogP contribution in [0.4, 0.5) is 11.4 Å². The molecule has 1 aromatic heterocycles. The summed E-state index contributed by atoms with van der Waals surface area (Å²) in [7, 11) is 0. The van der Waals surface area contributed by atoms with Gasteiger partial charge in [-0.05, 0) is 30.7 Å². The van der Waals surface area contributed by atoms with E-state index in [2.05, 4.69) is 6.07 Å². The Morgan fingerprint density at radius 1 is 1.15 bits per heavy atom. The van der Waals surface area contributed by atoms with E-state index >= 15 is 0 Å². The summed E-state index contributed by atoms with van der Waals surface area (Å²) in [6, 6.07) is 17.4. The molecule has 1 heterocycles. The van der Waals surface area contributed by atoms with Crippen LogP contribution in [0.15, 0.2) is 54.6 Å². The van der Waals surface area contributed by atoms with E-state index in [0.717, 1.165) is 21.2 Å². The highest BCUT2D eigenvalue weighted by molar-refractivity contribution is 7.81. The van der Waals surface area contributed by atoms with Crippen LogP contribution in [0.2, 0.25) is 0 Å². The largest absolute Gasteiger partial charge is 0.477 e. The normalized spacial score (nSPS) is 11.6. The lowest BCUT2D eigenvalue weighted by Crippen LogP contribution is -2.21. The molecule has 0 radical (unpaired) electrons. The minimum Gasteiger partial charge on any atom is -0.477 e. The fourth-order valence-corrected chi connectivity index (χ4v) is 4.47. The van der Waals surface area contributed by atoms with Gasteiger partial charge in [-0.25, -0.2) is 13.3 Å². The summed E-state index contributed by atoms with van der Waals surface area (Å²) in [6.07, 6.45) is 0. The molecule has 0 spiro atoms. The maximum atomic E-state index is 12.1. The van der Waals surface area contributed by atoms with Crippen LogP contribution in [0.1, 0.15) is 20.8 Å². The lowest BCUT2D eigenvalue weighted by Gasteiger charge is -2.21. The molecule has 3 rings (SSSR count). The first-order chi connectivity index (χ1) is 12.9. The number of thiophene rings is 1. The summed E-state index contributed by atoms with van der Waals surface area (Å²) >= 11 is -1.52. The van der Waals surface area contributed by atoms with E-state index in [1.165, 1.54) is 6.07 Å². The number of aryl methyl sites for hydroxylation is 1. The van der Waals surface area contributed by atoms with E-state index in [0.29, 0.717) is 21.7 Å². The average molecular weight is 398 g/mol. The summed E-state index contributed by atoms with van der Waals surface area (Å²) in [5.74, 6) is -1.21. The molecule has 1 unspecified atom stereocenters. The minimum absolute atomic E-state index is 0.0802. The zero-order valence-corrected chi connectivity index (χ0v) is 15.8. The maximum absolute atomic E-state index is 12.1. The van der Waals surface area contributed by atoms with Crippen molar-refractivity contribution in [2.75, 3.05) is 4.31 Å². The van der Waals surface area contributed by atoms with Gasteiger partial charge in [0.05, 0.1) is 23.0 Å². The summed E-state index contributed by atoms with van der Waals surface area (Å²) in [4.78, 5) is 12.3. The van der Waals surface area contributed by atoms with Gasteiger partial charge >= 0.3 is 5.97 Å². The lowest BCUT2D eigenvalue weighted by atomic mass is 10.1. The summed E-state index contributed by atoms with van der Waals surface area (Å²) < 4.78 is 23.1. The SMILES string of the molecule is Cc1ccccc1N(c1cc(-c2ccccc2C#N)sc1C(=O)O)S(=O)O. The van der Waals surface area contributed by atoms with Crippen LogP contribution < -0.4 is 4.31 Å². The number of hydrogen-bond acceptors (Lipinski definition) is 4. The Morgan fingerprint density at radius 2 is 1.81 bits per heavy atom. The molecule has 0 amide bonds. The molecule has 136 valence electrons. The van der Waals surface area contributed by atoms with Gasteiger partial charge in [-0.2, -0.15) is 5.26 Å². The van der Waals surface area contributed by atoms with E-state index in [4.69, 9.17) is 0 Å². The van der Waals surface area contributed by atoms with E-state index in [1.807, 2.05) is 0 Å². The van der Waals surface area contributed by atoms with Crippen LogP contribution in [0, 0.1) is 18.3 Å². The number of para-hydroxylation sites is 1. The molecule has 2 aromatic carbocycles. The topological polar surface area (TPSA) is 102 Å². The van der Waals surface area contributed by atoms with Gasteiger partial charge in [-0.15, -0.1) is 11.3 Å². The highest BCUT2D eigenvalue weighted by Crippen LogP contribution is 2.41. The van der Waals surface area contributed by atoms with E-state index in [1.54, 1.807) is 55.5 Å². The van der Waals surface area contributed by atoms with Crippen LogP contribution in [0.5, 0.6) is 0 Å². The molecular weight excluding hydrogens is 384 g/mol. The number of aromatic carboxylic acids is 1. The van der Waals surface area contributed by atoms with Crippen LogP contribution in [-0.2, 0) is 11.3 Å². The third-order valence-electron chi connectivity index (χ3n) is 3.93. The number of hydrogen-bond donors (Lipinski definition) is 2. The standard InChI is InChI=1S/C19H14N2O4S2/c1-12-6-2-5-9-15(12)21(27(24)25)16-10-17(26-18(16)19(22)23)14-8-4-3-7-13(14)11-20/h2-10H,1H3,(H,22,23)(H,24,25). The minimum atomic E-state index is -2.48. The van der Waals surface area contributed by atoms with Gasteiger partial charge in [0.1, 0.15) is 4.88 Å². The Kier molecular flexibility index (Phi) is 5.37. The van der Waals surface area contributed by atoms with E-state index in [-0.39, 0.29) is 10.6 Å². The van der Waals surface area contributed by atoms with Crippen molar-refractivity contribution in [3.05, 3.63) is 70.6 Å². The van der Waals surface area contributed by atoms with Crippen LogP contribution >= 0.6 is 11.3 Å². The zero-order chi connectivity index (χ0) is 19.6. The van der Waals surface area contributed by atoms with Crippen molar-refractivity contribution < 1.29 is 18.7 Å². The number of nitrogens with zero attached hydrogens (tertiary/aromatic N) is 2. The predicted molar refractivity (Wildman–Crippen MR) is 106 cm³/mol. The molecule has 0 fully saturated rings. The Hall–Kier alpha value is -2.99. The van der Waals surface area contributed by atoms with Crippen molar-refractivity contribution in [3.63, 3.8) is 0 Å². The fraction of sp³-hybridized carbons (Fsp3) is 0.0526. The van der Waals surface area contributed by atoms with Gasteiger partial charge in [0.2, 0.25) is 0 Å². The molecule has 3 aromatic rings. The smallest absolute Gasteiger partial charge is 0.348 e. The first-order valence-electron chi connectivity index (χ1n) is 7.77. The molecule has 0 aliphatic rings. The van der Waals surface area contributed by atoms with Crippen LogP contribution in [0.3, 0.4) is 0 Å². The predicted octanol–water partition coefficient (Wildman–Crippen LogP) is 4.57. The van der Waals surface area contributed by atoms with Gasteiger partial charge in [-0.1, -0.05) is 36.4 Å². The third-order valence-corrected chi connectivity index (χ3v) is 5.78. The second-order valence-corrected chi connectivity index (χ2v) is 7.48. The van der Waals surface area contributed by atoms with Gasteiger partial charge in [0.25, 0.3) is 11.3 Å². The quantitative estimate of drug-likeness (QED) is 0.613. The van der Waals surface area contributed by atoms with Crippen molar-refractivity contribution >= 4 is 39.9 Å². The molecule has 6 nitrogen and oxygen atoms in total. The molecule has 1 atom stereocenters. The van der Waals surface area contributed by atoms with Crippen molar-refractivity contribution in [1.29, 1.82) is 5.26 Å². The molecule has 8 heteroatoms. The molecule has 0 aliphatic carbocycles. The number of nitriles is 1. The highest BCUT2D eigenvalue weighted by Gasteiger charge is 2.27. The third kappa shape index (κ3) is 3.61. The second-order valence-electron chi connectivity index (χ2n) is 5.60. The highest BCUT2D eigenvalue weighted by atomic mass is 32.2. The van der Waals surface area contributed by atoms with Gasteiger partial charge in [0.15, 0.2) is 0 Å². The first-order valence-corrected chi connectivity index (χ1v) is 9.65. The fourth-order valence-electron chi connectivity index (χ4n) is 2.70. The Balaban J connectivity index is 2.24. The Morgan fingerprint density at radius 3 is 2.44 bits per heavy atom. The average Bonchev–Trinajstić information content (AvgIpc) is 3.08. The summed E-state index contributed by atoms with van der Waals surface area (Å²) in [5.41, 5.74) is 2.23. The molecule has 0 aliphatic heterocycles. The van der Waals surface area contributed by atoms with Crippen LogP contribution in [-0.4, -0.2) is 19.8 Å². The van der Waals surface area contributed by atoms with Crippen molar-refractivity contribution in [3.8, 4) is 16.5 Å². The summed E-state index contributed by atoms with van der Waals surface area (Å²) in [5, 5.41) is 19.0. The van der Waals surface area contributed by atoms with Gasteiger partial charge in [0, 0.05) is 10.4 Å². The maximum Gasteiger partial charge on any atom is 0.348 e. The number of rotatable bonds is 5. The van der Waals surface area contributed by atoms with E-state index < -0.39 is 17.2 Å². The number of carboxylic acid groups (broad SMARTS) is 1. The first kappa shape index (κ1) is 18.8. The van der Waals surface area contributed by atoms with E-state index in [9.17, 15) is 23.9 Å². The molecule has 0 bridgehead atoms. The van der Waals surface area contributed by atoms with Gasteiger partial charge in [-0.3, -0.25) is 4.55 Å². The molecule has 27 heavy (non-hydrogen) atoms. The van der Waals surface area contributed by atoms with Crippen molar-refractivity contribution in [1.82, 2.24) is 0 Å². The van der Waals surface area contributed by atoms with Crippen molar-refractivity contribution in [2.45, 2.75) is 6.92 Å². The Bertz CT molecular complexity index is 1090. The number of carboxylic acids is 1. The molecule has 0 saturated heterocycles. The monoisotopic (exact) mass is 398 g/mol. The lowest BCUT2D eigenvalue weighted by molar-refractivity contribution is 0.0703. The second kappa shape index (κ2) is 7.72. The van der Waals surface area contributed by atoms with Crippen molar-refractivity contribution in [2.24, 2.45) is 0 Å². The zero-order valence-electron chi connectivity index (χ0n) is 14.1. The molecule has 2 N–H and O–H groups in total. The number of carbonyl (C=O) groups is 1. The molecular formula is C19H14N2O4S2. The van der Waals surface area contributed by atoms with Crippen LogP contribution in [0.25, 0.3) is 10.4 Å². The molecule has 0 saturated carbocycles. The van der Waals surface area contributed by atoms with Gasteiger partial charge < -0.3 is 5.11 Å². The summed E-state index contributed by atoms with van der Waals surface area (Å²) in [6.45, 7) is 1.77. The Labute approximate surface area is 162 Å². The number of benzene rings is 2. The number of anilines is 2.